The molecular formula is C17H15FN2O3. The second-order valence-corrected chi connectivity index (χ2v) is 5.38. The van der Waals surface area contributed by atoms with E-state index in [-0.39, 0.29) is 11.5 Å². The molecule has 0 spiro atoms. The fourth-order valence-electron chi connectivity index (χ4n) is 2.22. The van der Waals surface area contributed by atoms with Crippen LogP contribution in [0.5, 0.6) is 5.75 Å². The molecule has 0 saturated carbocycles. The van der Waals surface area contributed by atoms with Gasteiger partial charge in [0, 0.05) is 11.3 Å². The average molecular weight is 314 g/mol. The van der Waals surface area contributed by atoms with Crippen molar-refractivity contribution in [2.24, 2.45) is 0 Å². The van der Waals surface area contributed by atoms with Crippen molar-refractivity contribution in [2.45, 2.75) is 20.0 Å². The third kappa shape index (κ3) is 3.01. The van der Waals surface area contributed by atoms with Gasteiger partial charge < -0.3 is 15.4 Å². The third-order valence-corrected chi connectivity index (χ3v) is 3.60. The highest BCUT2D eigenvalue weighted by Gasteiger charge is 2.23. The molecule has 0 unspecified atom stereocenters. The first-order chi connectivity index (χ1) is 10.9. The van der Waals surface area contributed by atoms with E-state index >= 15 is 0 Å². The zero-order valence-electron chi connectivity index (χ0n) is 12.6. The van der Waals surface area contributed by atoms with Crippen LogP contribution in [0.3, 0.4) is 0 Å². The van der Waals surface area contributed by atoms with Crippen molar-refractivity contribution in [2.75, 3.05) is 10.6 Å². The number of fused-ring (bicyclic) bond motifs is 1. The molecule has 5 nitrogen and oxygen atoms in total. The van der Waals surface area contributed by atoms with Crippen molar-refractivity contribution >= 4 is 23.2 Å². The molecule has 6 heteroatoms. The fraction of sp³-hybridized carbons (Fsp3) is 0.176. The summed E-state index contributed by atoms with van der Waals surface area (Å²) in [5.41, 5.74) is 1.67. The highest BCUT2D eigenvalue weighted by molar-refractivity contribution is 6.05. The number of aryl methyl sites for hydroxylation is 1. The fourth-order valence-corrected chi connectivity index (χ4v) is 2.22. The second-order valence-electron chi connectivity index (χ2n) is 5.38. The van der Waals surface area contributed by atoms with E-state index in [2.05, 4.69) is 10.6 Å². The van der Waals surface area contributed by atoms with Gasteiger partial charge in [0.25, 0.3) is 11.8 Å². The number of carbonyl (C=O) groups excluding carboxylic acids is 2. The molecule has 1 heterocycles. The van der Waals surface area contributed by atoms with Crippen LogP contribution in [0.4, 0.5) is 15.8 Å². The second kappa shape index (κ2) is 5.72. The summed E-state index contributed by atoms with van der Waals surface area (Å²) < 4.78 is 19.0. The summed E-state index contributed by atoms with van der Waals surface area (Å²) in [5, 5.41) is 5.37. The van der Waals surface area contributed by atoms with Gasteiger partial charge in [-0.3, -0.25) is 9.59 Å². The molecule has 0 aromatic heterocycles. The van der Waals surface area contributed by atoms with Crippen LogP contribution in [-0.2, 0) is 4.79 Å². The Hall–Kier alpha value is -2.89. The highest BCUT2D eigenvalue weighted by Crippen LogP contribution is 2.32. The summed E-state index contributed by atoms with van der Waals surface area (Å²) >= 11 is 0. The summed E-state index contributed by atoms with van der Waals surface area (Å²) in [7, 11) is 0. The van der Waals surface area contributed by atoms with Gasteiger partial charge in [0.15, 0.2) is 6.10 Å². The van der Waals surface area contributed by atoms with Crippen LogP contribution in [0.25, 0.3) is 0 Å². The van der Waals surface area contributed by atoms with Gasteiger partial charge in [0.05, 0.1) is 5.69 Å². The lowest BCUT2D eigenvalue weighted by Crippen LogP contribution is -2.34. The van der Waals surface area contributed by atoms with Crippen molar-refractivity contribution in [3.05, 3.63) is 53.3 Å². The predicted octanol–water partition coefficient (Wildman–Crippen LogP) is 3.11. The molecule has 0 fully saturated rings. The van der Waals surface area contributed by atoms with Crippen LogP contribution in [-0.4, -0.2) is 17.9 Å². The number of anilines is 2. The van der Waals surface area contributed by atoms with Crippen LogP contribution in [0.15, 0.2) is 36.4 Å². The first-order valence-corrected chi connectivity index (χ1v) is 7.13. The Morgan fingerprint density at radius 1 is 1.26 bits per heavy atom. The van der Waals surface area contributed by atoms with E-state index in [1.807, 2.05) is 0 Å². The normalized spacial score (nSPS) is 16.1. The first-order valence-electron chi connectivity index (χ1n) is 7.13. The van der Waals surface area contributed by atoms with Gasteiger partial charge >= 0.3 is 0 Å². The van der Waals surface area contributed by atoms with E-state index in [1.54, 1.807) is 44.2 Å². The molecule has 1 aliphatic heterocycles. The van der Waals surface area contributed by atoms with Gasteiger partial charge in [0.2, 0.25) is 0 Å². The minimum Gasteiger partial charge on any atom is -0.479 e. The van der Waals surface area contributed by atoms with Gasteiger partial charge in [-0.25, -0.2) is 4.39 Å². The van der Waals surface area contributed by atoms with Gasteiger partial charge in [0.1, 0.15) is 11.6 Å². The number of benzene rings is 2. The van der Waals surface area contributed by atoms with Gasteiger partial charge in [-0.2, -0.15) is 0 Å². The van der Waals surface area contributed by atoms with Crippen molar-refractivity contribution in [3.63, 3.8) is 0 Å². The minimum absolute atomic E-state index is 0.222. The Morgan fingerprint density at radius 2 is 2.04 bits per heavy atom. The quantitative estimate of drug-likeness (QED) is 0.895. The maximum absolute atomic E-state index is 13.5. The zero-order valence-corrected chi connectivity index (χ0v) is 12.6. The highest BCUT2D eigenvalue weighted by atomic mass is 19.1. The first kappa shape index (κ1) is 15.0. The van der Waals surface area contributed by atoms with Gasteiger partial charge in [-0.15, -0.1) is 0 Å². The Balaban J connectivity index is 1.80. The van der Waals surface area contributed by atoms with Crippen LogP contribution in [0.1, 0.15) is 22.8 Å². The molecule has 2 aromatic rings. The molecule has 2 amide bonds. The number of nitrogens with one attached hydrogen (secondary N) is 2. The molecule has 0 radical (unpaired) electrons. The molecule has 0 bridgehead atoms. The molecule has 3 rings (SSSR count). The number of ether oxygens (including phenoxy) is 1. The topological polar surface area (TPSA) is 67.4 Å². The van der Waals surface area contributed by atoms with E-state index < -0.39 is 17.8 Å². The maximum atomic E-state index is 13.5. The van der Waals surface area contributed by atoms with Crippen LogP contribution in [0.2, 0.25) is 0 Å². The van der Waals surface area contributed by atoms with Crippen molar-refractivity contribution in [1.29, 1.82) is 0 Å². The number of carbonyl (C=O) groups is 2. The number of hydrogen-bond acceptors (Lipinski definition) is 3. The molecule has 2 aromatic carbocycles. The smallest absolute Gasteiger partial charge is 0.265 e. The summed E-state index contributed by atoms with van der Waals surface area (Å²) in [6.07, 6.45) is -0.557. The van der Waals surface area contributed by atoms with Gasteiger partial charge in [-0.05, 0) is 49.7 Å². The Morgan fingerprint density at radius 3 is 2.78 bits per heavy atom. The third-order valence-electron chi connectivity index (χ3n) is 3.60. The van der Waals surface area contributed by atoms with E-state index in [4.69, 9.17) is 4.74 Å². The van der Waals surface area contributed by atoms with Gasteiger partial charge in [-0.1, -0.05) is 6.07 Å². The molecule has 2 N–H and O–H groups in total. The number of hydrogen-bond donors (Lipinski definition) is 2. The van der Waals surface area contributed by atoms with Crippen LogP contribution >= 0.6 is 0 Å². The van der Waals surface area contributed by atoms with E-state index in [0.29, 0.717) is 22.7 Å². The summed E-state index contributed by atoms with van der Waals surface area (Å²) in [4.78, 5) is 23.8. The molecular weight excluding hydrogens is 299 g/mol. The van der Waals surface area contributed by atoms with E-state index in [0.717, 1.165) is 0 Å². The molecule has 118 valence electrons. The molecule has 0 saturated heterocycles. The van der Waals surface area contributed by atoms with Crippen LogP contribution in [0, 0.1) is 12.7 Å². The van der Waals surface area contributed by atoms with Crippen molar-refractivity contribution in [1.82, 2.24) is 0 Å². The lowest BCUT2D eigenvalue weighted by molar-refractivity contribution is -0.122. The maximum Gasteiger partial charge on any atom is 0.265 e. The van der Waals surface area contributed by atoms with Crippen molar-refractivity contribution in [3.8, 4) is 5.75 Å². The molecule has 1 aliphatic rings. The Kier molecular flexibility index (Phi) is 3.73. The average Bonchev–Trinajstić information content (AvgIpc) is 2.51. The van der Waals surface area contributed by atoms with E-state index in [1.165, 1.54) is 6.07 Å². The van der Waals surface area contributed by atoms with E-state index in [9.17, 15) is 14.0 Å². The predicted molar refractivity (Wildman–Crippen MR) is 84.3 cm³/mol. The SMILES string of the molecule is Cc1ccc(C(=O)Nc2ccc3c(c2)NC(=O)[C@H](C)O3)cc1F. The monoisotopic (exact) mass is 314 g/mol. The molecule has 23 heavy (non-hydrogen) atoms. The Bertz CT molecular complexity index is 804. The summed E-state index contributed by atoms with van der Waals surface area (Å²) in [6.45, 7) is 3.28. The van der Waals surface area contributed by atoms with Crippen molar-refractivity contribution < 1.29 is 18.7 Å². The summed E-state index contributed by atoms with van der Waals surface area (Å²) in [5.74, 6) is -0.573. The standard InChI is InChI=1S/C17H15FN2O3/c1-9-3-4-11(7-13(9)18)17(22)19-12-5-6-15-14(8-12)20-16(21)10(2)23-15/h3-8,10H,1-2H3,(H,19,22)(H,20,21)/t10-/m0/s1. The lowest BCUT2D eigenvalue weighted by Gasteiger charge is -2.23. The molecule has 1 atom stereocenters. The number of rotatable bonds is 2. The van der Waals surface area contributed by atoms with Crippen LogP contribution < -0.4 is 15.4 Å². The molecule has 0 aliphatic carbocycles. The number of amides is 2. The number of halogens is 1. The summed E-state index contributed by atoms with van der Waals surface area (Å²) in [6, 6.07) is 9.21. The largest absolute Gasteiger partial charge is 0.479 e. The lowest BCUT2D eigenvalue weighted by atomic mass is 10.1. The Labute approximate surface area is 132 Å². The minimum atomic E-state index is -0.557. The zero-order chi connectivity index (χ0) is 16.6.